The van der Waals surface area contributed by atoms with Crippen LogP contribution in [0.2, 0.25) is 0 Å². The summed E-state index contributed by atoms with van der Waals surface area (Å²) in [6, 6.07) is -0.849. The molecule has 1 N–H and O–H groups in total. The lowest BCUT2D eigenvalue weighted by molar-refractivity contribution is -0.143. The number of hydrogen-bond donors (Lipinski definition) is 1. The molecule has 8 nitrogen and oxygen atoms in total. The number of hydrogen-bond acceptors (Lipinski definition) is 7. The van der Waals surface area contributed by atoms with Gasteiger partial charge in [0.2, 0.25) is 0 Å². The molecule has 0 aliphatic carbocycles. The summed E-state index contributed by atoms with van der Waals surface area (Å²) in [5.41, 5.74) is -0.673. The number of methoxy groups -OCH3 is 1. The highest BCUT2D eigenvalue weighted by Crippen LogP contribution is 2.09. The molecule has 130 valence electrons. The number of esters is 1. The highest BCUT2D eigenvalue weighted by molar-refractivity contribution is 7.85. The molecular weight excluding hydrogens is 314 g/mol. The molecule has 9 heteroatoms. The van der Waals surface area contributed by atoms with E-state index >= 15 is 0 Å². The van der Waals surface area contributed by atoms with Crippen LogP contribution in [0.25, 0.3) is 0 Å². The first-order valence-corrected chi connectivity index (χ1v) is 8.68. The van der Waals surface area contributed by atoms with Gasteiger partial charge in [-0.05, 0) is 40.0 Å². The zero-order chi connectivity index (χ0) is 17.4. The molecule has 0 saturated carbocycles. The highest BCUT2D eigenvalue weighted by Gasteiger charge is 2.24. The summed E-state index contributed by atoms with van der Waals surface area (Å²) in [6.45, 7) is 5.16. The fraction of sp³-hybridized carbons (Fsp3) is 0.846. The number of unbranched alkanes of at least 4 members (excludes halogenated alkanes) is 1. The van der Waals surface area contributed by atoms with Gasteiger partial charge in [-0.25, -0.2) is 9.59 Å². The van der Waals surface area contributed by atoms with Gasteiger partial charge in [0, 0.05) is 0 Å². The molecule has 0 spiro atoms. The van der Waals surface area contributed by atoms with Crippen molar-refractivity contribution in [2.24, 2.45) is 0 Å². The third-order valence-electron chi connectivity index (χ3n) is 2.36. The summed E-state index contributed by atoms with van der Waals surface area (Å²) >= 11 is 0. The van der Waals surface area contributed by atoms with E-state index in [2.05, 4.69) is 14.2 Å². The van der Waals surface area contributed by atoms with Crippen LogP contribution >= 0.6 is 0 Å². The normalized spacial score (nSPS) is 13.3. The topological polar surface area (TPSA) is 108 Å². The molecule has 0 saturated heterocycles. The van der Waals surface area contributed by atoms with E-state index in [1.54, 1.807) is 20.8 Å². The Bertz CT molecular complexity index is 467. The second kappa shape index (κ2) is 8.94. The van der Waals surface area contributed by atoms with Crippen LogP contribution in [0.1, 0.15) is 40.0 Å². The third kappa shape index (κ3) is 11.3. The van der Waals surface area contributed by atoms with Crippen molar-refractivity contribution in [3.8, 4) is 0 Å². The summed E-state index contributed by atoms with van der Waals surface area (Å²) in [7, 11) is -2.25. The second-order valence-electron chi connectivity index (χ2n) is 5.74. The van der Waals surface area contributed by atoms with Gasteiger partial charge in [-0.3, -0.25) is 4.18 Å². The largest absolute Gasteiger partial charge is 0.467 e. The van der Waals surface area contributed by atoms with Crippen LogP contribution in [0.4, 0.5) is 4.79 Å². The Morgan fingerprint density at radius 2 is 1.77 bits per heavy atom. The maximum atomic E-state index is 11.7. The Hall–Kier alpha value is -1.35. The van der Waals surface area contributed by atoms with Gasteiger partial charge in [0.1, 0.15) is 11.6 Å². The maximum Gasteiger partial charge on any atom is 0.408 e. The van der Waals surface area contributed by atoms with Gasteiger partial charge < -0.3 is 14.8 Å². The minimum atomic E-state index is -3.47. The molecule has 0 heterocycles. The average Bonchev–Trinajstić information content (AvgIpc) is 2.32. The molecular formula is C13H25NO7S. The van der Waals surface area contributed by atoms with Gasteiger partial charge in [-0.1, -0.05) is 0 Å². The molecule has 0 aromatic carbocycles. The van der Waals surface area contributed by atoms with E-state index in [1.807, 2.05) is 0 Å². The first kappa shape index (κ1) is 20.6. The quantitative estimate of drug-likeness (QED) is 0.402. The number of nitrogens with one attached hydrogen (secondary N) is 1. The minimum absolute atomic E-state index is 0.0269. The molecule has 1 atom stereocenters. The zero-order valence-electron chi connectivity index (χ0n) is 13.7. The Balaban J connectivity index is 4.30. The van der Waals surface area contributed by atoms with E-state index in [0.29, 0.717) is 19.3 Å². The van der Waals surface area contributed by atoms with E-state index < -0.39 is 33.8 Å². The molecule has 0 aromatic rings. The number of rotatable bonds is 8. The lowest BCUT2D eigenvalue weighted by Gasteiger charge is -2.22. The van der Waals surface area contributed by atoms with Crippen LogP contribution in [0.3, 0.4) is 0 Å². The van der Waals surface area contributed by atoms with E-state index in [4.69, 9.17) is 4.74 Å². The van der Waals surface area contributed by atoms with Crippen LogP contribution in [0, 0.1) is 0 Å². The van der Waals surface area contributed by atoms with Crippen molar-refractivity contribution < 1.29 is 31.7 Å². The summed E-state index contributed by atoms with van der Waals surface area (Å²) in [5, 5.41) is 2.44. The molecule has 1 amide bonds. The van der Waals surface area contributed by atoms with Gasteiger partial charge in [-0.15, -0.1) is 0 Å². The summed E-state index contributed by atoms with van der Waals surface area (Å²) in [4.78, 5) is 23.3. The van der Waals surface area contributed by atoms with Crippen molar-refractivity contribution in [1.82, 2.24) is 5.32 Å². The smallest absolute Gasteiger partial charge is 0.408 e. The molecule has 0 aliphatic rings. The molecule has 0 rings (SSSR count). The van der Waals surface area contributed by atoms with E-state index in [0.717, 1.165) is 6.26 Å². The Labute approximate surface area is 131 Å². The number of alkyl carbamates (subject to hydrolysis) is 1. The molecule has 0 aromatic heterocycles. The predicted octanol–water partition coefficient (Wildman–Crippen LogP) is 1.20. The van der Waals surface area contributed by atoms with E-state index in [-0.39, 0.29) is 6.61 Å². The standard InChI is InChI=1S/C13H25NO7S/c1-13(2,3)21-12(16)14-10(11(15)19-4)8-6-7-9-20-22(5,17)18/h10H,6-9H2,1-5H3,(H,14,16)/t10-/m0/s1. The first-order valence-electron chi connectivity index (χ1n) is 6.86. The molecule has 0 fully saturated rings. The highest BCUT2D eigenvalue weighted by atomic mass is 32.2. The number of ether oxygens (including phenoxy) is 2. The van der Waals surface area contributed by atoms with Gasteiger partial charge in [0.15, 0.2) is 0 Å². The van der Waals surface area contributed by atoms with Crippen molar-refractivity contribution in [2.45, 2.75) is 51.7 Å². The number of carbonyl (C=O) groups is 2. The fourth-order valence-corrected chi connectivity index (χ4v) is 1.92. The van der Waals surface area contributed by atoms with Crippen molar-refractivity contribution in [2.75, 3.05) is 20.0 Å². The fourth-order valence-electron chi connectivity index (χ4n) is 1.50. The minimum Gasteiger partial charge on any atom is -0.467 e. The first-order chi connectivity index (χ1) is 9.94. The average molecular weight is 339 g/mol. The van der Waals surface area contributed by atoms with Crippen molar-refractivity contribution in [3.63, 3.8) is 0 Å². The molecule has 0 unspecified atom stereocenters. The van der Waals surface area contributed by atoms with Crippen LogP contribution in [-0.2, 0) is 28.6 Å². The molecule has 0 bridgehead atoms. The molecule has 0 radical (unpaired) electrons. The second-order valence-corrected chi connectivity index (χ2v) is 7.39. The lowest BCUT2D eigenvalue weighted by atomic mass is 10.1. The Kier molecular flexibility index (Phi) is 8.39. The SMILES string of the molecule is COC(=O)[C@H](CCCCOS(C)(=O)=O)NC(=O)OC(C)(C)C. The van der Waals surface area contributed by atoms with Crippen LogP contribution < -0.4 is 5.32 Å². The molecule has 0 aliphatic heterocycles. The summed E-state index contributed by atoms with van der Waals surface area (Å²) < 4.78 is 35.9. The van der Waals surface area contributed by atoms with E-state index in [1.165, 1.54) is 7.11 Å². The van der Waals surface area contributed by atoms with Crippen LogP contribution in [0.5, 0.6) is 0 Å². The van der Waals surface area contributed by atoms with Crippen molar-refractivity contribution in [1.29, 1.82) is 0 Å². The third-order valence-corrected chi connectivity index (χ3v) is 2.96. The van der Waals surface area contributed by atoms with Gasteiger partial charge >= 0.3 is 12.1 Å². The number of carbonyl (C=O) groups excluding carboxylic acids is 2. The van der Waals surface area contributed by atoms with Gasteiger partial charge in [-0.2, -0.15) is 8.42 Å². The number of amides is 1. The predicted molar refractivity (Wildman–Crippen MR) is 79.8 cm³/mol. The summed E-state index contributed by atoms with van der Waals surface area (Å²) in [5.74, 6) is -0.588. The monoisotopic (exact) mass is 339 g/mol. The Morgan fingerprint density at radius 1 is 1.18 bits per heavy atom. The van der Waals surface area contributed by atoms with Gasteiger partial charge in [0.25, 0.3) is 10.1 Å². The zero-order valence-corrected chi connectivity index (χ0v) is 14.5. The maximum absolute atomic E-state index is 11.7. The van der Waals surface area contributed by atoms with Crippen LogP contribution in [0.15, 0.2) is 0 Å². The lowest BCUT2D eigenvalue weighted by Crippen LogP contribution is -2.44. The molecule has 22 heavy (non-hydrogen) atoms. The van der Waals surface area contributed by atoms with Crippen molar-refractivity contribution >= 4 is 22.2 Å². The van der Waals surface area contributed by atoms with Crippen LogP contribution in [-0.4, -0.2) is 52.1 Å². The van der Waals surface area contributed by atoms with Gasteiger partial charge in [0.05, 0.1) is 20.0 Å². The van der Waals surface area contributed by atoms with Crippen molar-refractivity contribution in [3.05, 3.63) is 0 Å². The summed E-state index contributed by atoms with van der Waals surface area (Å²) in [6.07, 6.45) is 1.45. The van der Waals surface area contributed by atoms with E-state index in [9.17, 15) is 18.0 Å². The Morgan fingerprint density at radius 3 is 2.23 bits per heavy atom.